The van der Waals surface area contributed by atoms with E-state index < -0.39 is 0 Å². The first kappa shape index (κ1) is 17.2. The Hall–Kier alpha value is -1.59. The van der Waals surface area contributed by atoms with E-state index in [1.54, 1.807) is 18.2 Å². The summed E-state index contributed by atoms with van der Waals surface area (Å²) >= 11 is 11.7. The summed E-state index contributed by atoms with van der Waals surface area (Å²) in [5, 5.41) is 3.45. The van der Waals surface area contributed by atoms with Crippen molar-refractivity contribution >= 4 is 46.6 Å². The molecule has 1 aliphatic carbocycles. The average molecular weight is 369 g/mol. The van der Waals surface area contributed by atoms with Gasteiger partial charge in [0.25, 0.3) is 0 Å². The number of rotatable bonds is 4. The number of halogens is 2. The zero-order chi connectivity index (χ0) is 17.3. The molecule has 0 unspecified atom stereocenters. The van der Waals surface area contributed by atoms with Crippen molar-refractivity contribution in [2.24, 2.45) is 11.8 Å². The molecule has 3 amide bonds. The van der Waals surface area contributed by atoms with Crippen LogP contribution in [-0.4, -0.2) is 29.2 Å². The lowest BCUT2D eigenvalue weighted by Crippen LogP contribution is -2.34. The Labute approximate surface area is 150 Å². The third kappa shape index (κ3) is 3.42. The highest BCUT2D eigenvalue weighted by Crippen LogP contribution is 2.38. The third-order valence-electron chi connectivity index (χ3n) is 4.70. The second kappa shape index (κ2) is 7.11. The fourth-order valence-electron chi connectivity index (χ4n) is 3.46. The summed E-state index contributed by atoms with van der Waals surface area (Å²) in [7, 11) is 0. The molecule has 1 saturated heterocycles. The van der Waals surface area contributed by atoms with E-state index >= 15 is 0 Å². The summed E-state index contributed by atoms with van der Waals surface area (Å²) in [6.07, 6.45) is 3.61. The number of nitrogens with zero attached hydrogens (tertiary/aromatic N) is 1. The standard InChI is InChI=1S/C17H18Cl2N2O3/c18-13-6-5-10(9-14(13)19)20-15(22)7-8-21-16(23)11-3-1-2-4-12(11)17(21)24/h5-6,9,11-12H,1-4,7-8H2,(H,20,22)/t11-,12+. The molecule has 1 N–H and O–H groups in total. The number of amides is 3. The number of imide groups is 1. The highest BCUT2D eigenvalue weighted by atomic mass is 35.5. The Balaban J connectivity index is 1.57. The molecule has 0 spiro atoms. The van der Waals surface area contributed by atoms with Crippen LogP contribution in [0.5, 0.6) is 0 Å². The van der Waals surface area contributed by atoms with Gasteiger partial charge in [-0.3, -0.25) is 19.3 Å². The van der Waals surface area contributed by atoms with Crippen molar-refractivity contribution in [3.8, 4) is 0 Å². The van der Waals surface area contributed by atoms with Crippen LogP contribution >= 0.6 is 23.2 Å². The molecule has 2 aliphatic rings. The van der Waals surface area contributed by atoms with Gasteiger partial charge in [0, 0.05) is 18.7 Å². The van der Waals surface area contributed by atoms with Crippen molar-refractivity contribution in [3.05, 3.63) is 28.2 Å². The van der Waals surface area contributed by atoms with Gasteiger partial charge in [-0.2, -0.15) is 0 Å². The fourth-order valence-corrected chi connectivity index (χ4v) is 3.76. The molecule has 1 saturated carbocycles. The molecule has 2 fully saturated rings. The normalized spacial score (nSPS) is 23.3. The van der Waals surface area contributed by atoms with Gasteiger partial charge in [0.2, 0.25) is 17.7 Å². The number of anilines is 1. The smallest absolute Gasteiger partial charge is 0.233 e. The third-order valence-corrected chi connectivity index (χ3v) is 5.44. The molecule has 5 nitrogen and oxygen atoms in total. The SMILES string of the molecule is O=C(CCN1C(=O)[C@H]2CCCC[C@H]2C1=O)Nc1ccc(Cl)c(Cl)c1. The highest BCUT2D eigenvalue weighted by molar-refractivity contribution is 6.42. The lowest BCUT2D eigenvalue weighted by molar-refractivity contribution is -0.140. The van der Waals surface area contributed by atoms with Crippen LogP contribution < -0.4 is 5.32 Å². The van der Waals surface area contributed by atoms with E-state index in [0.29, 0.717) is 15.7 Å². The van der Waals surface area contributed by atoms with Crippen molar-refractivity contribution < 1.29 is 14.4 Å². The minimum Gasteiger partial charge on any atom is -0.326 e. The maximum atomic E-state index is 12.3. The van der Waals surface area contributed by atoms with Gasteiger partial charge in [-0.1, -0.05) is 36.0 Å². The van der Waals surface area contributed by atoms with Crippen molar-refractivity contribution in [1.82, 2.24) is 4.90 Å². The molecule has 0 aromatic heterocycles. The maximum absolute atomic E-state index is 12.3. The quantitative estimate of drug-likeness (QED) is 0.827. The number of benzene rings is 1. The number of hydrogen-bond acceptors (Lipinski definition) is 3. The lowest BCUT2D eigenvalue weighted by atomic mass is 9.81. The van der Waals surface area contributed by atoms with Crippen LogP contribution in [0.25, 0.3) is 0 Å². The Morgan fingerprint density at radius 3 is 2.29 bits per heavy atom. The van der Waals surface area contributed by atoms with E-state index in [4.69, 9.17) is 23.2 Å². The Morgan fingerprint density at radius 2 is 1.71 bits per heavy atom. The molecular weight excluding hydrogens is 351 g/mol. The van der Waals surface area contributed by atoms with E-state index in [2.05, 4.69) is 5.32 Å². The molecule has 1 aromatic rings. The van der Waals surface area contributed by atoms with Gasteiger partial charge in [-0.25, -0.2) is 0 Å². The van der Waals surface area contributed by atoms with Gasteiger partial charge in [0.1, 0.15) is 0 Å². The highest BCUT2D eigenvalue weighted by Gasteiger charge is 2.47. The predicted octanol–water partition coefficient (Wildman–Crippen LogP) is 3.50. The average Bonchev–Trinajstić information content (AvgIpc) is 2.81. The van der Waals surface area contributed by atoms with Gasteiger partial charge in [0.05, 0.1) is 21.9 Å². The molecule has 2 atom stereocenters. The second-order valence-corrected chi connectivity index (χ2v) is 7.07. The van der Waals surface area contributed by atoms with E-state index in [0.717, 1.165) is 25.7 Å². The van der Waals surface area contributed by atoms with Crippen LogP contribution in [-0.2, 0) is 14.4 Å². The van der Waals surface area contributed by atoms with Crippen LogP contribution in [0.1, 0.15) is 32.1 Å². The first-order valence-corrected chi connectivity index (χ1v) is 8.83. The van der Waals surface area contributed by atoms with Gasteiger partial charge < -0.3 is 5.32 Å². The van der Waals surface area contributed by atoms with Crippen molar-refractivity contribution in [1.29, 1.82) is 0 Å². The number of likely N-dealkylation sites (tertiary alicyclic amines) is 1. The molecule has 1 aromatic carbocycles. The Morgan fingerprint density at radius 1 is 1.08 bits per heavy atom. The molecule has 1 aliphatic heterocycles. The first-order chi connectivity index (χ1) is 11.5. The Kier molecular flexibility index (Phi) is 5.11. The number of carbonyl (C=O) groups is 3. The molecular formula is C17H18Cl2N2O3. The molecule has 0 radical (unpaired) electrons. The minimum absolute atomic E-state index is 0.0666. The van der Waals surface area contributed by atoms with Gasteiger partial charge in [-0.15, -0.1) is 0 Å². The van der Waals surface area contributed by atoms with E-state index in [1.165, 1.54) is 4.90 Å². The van der Waals surface area contributed by atoms with E-state index in [1.807, 2.05) is 0 Å². The van der Waals surface area contributed by atoms with Gasteiger partial charge >= 0.3 is 0 Å². The molecule has 24 heavy (non-hydrogen) atoms. The Bertz CT molecular complexity index is 668. The molecule has 3 rings (SSSR count). The number of fused-ring (bicyclic) bond motifs is 1. The van der Waals surface area contributed by atoms with Crippen LogP contribution in [0.3, 0.4) is 0 Å². The monoisotopic (exact) mass is 368 g/mol. The molecule has 0 bridgehead atoms. The fraction of sp³-hybridized carbons (Fsp3) is 0.471. The van der Waals surface area contributed by atoms with Crippen molar-refractivity contribution in [3.63, 3.8) is 0 Å². The maximum Gasteiger partial charge on any atom is 0.233 e. The second-order valence-electron chi connectivity index (χ2n) is 6.25. The summed E-state index contributed by atoms with van der Waals surface area (Å²) in [5.74, 6) is -0.864. The van der Waals surface area contributed by atoms with Crippen LogP contribution in [0.4, 0.5) is 5.69 Å². The summed E-state index contributed by atoms with van der Waals surface area (Å²) in [5.41, 5.74) is 0.530. The lowest BCUT2D eigenvalue weighted by Gasteiger charge is -2.19. The molecule has 128 valence electrons. The molecule has 1 heterocycles. The van der Waals surface area contributed by atoms with E-state index in [9.17, 15) is 14.4 Å². The number of carbonyl (C=O) groups excluding carboxylic acids is 3. The van der Waals surface area contributed by atoms with Gasteiger partial charge in [0.15, 0.2) is 0 Å². The minimum atomic E-state index is -0.274. The zero-order valence-electron chi connectivity index (χ0n) is 13.1. The largest absolute Gasteiger partial charge is 0.326 e. The van der Waals surface area contributed by atoms with Crippen LogP contribution in [0, 0.1) is 11.8 Å². The van der Waals surface area contributed by atoms with E-state index in [-0.39, 0.29) is 42.5 Å². The predicted molar refractivity (Wildman–Crippen MR) is 91.9 cm³/mol. The van der Waals surface area contributed by atoms with Crippen LogP contribution in [0.15, 0.2) is 18.2 Å². The topological polar surface area (TPSA) is 66.5 Å². The molecule has 7 heteroatoms. The van der Waals surface area contributed by atoms with Gasteiger partial charge in [-0.05, 0) is 31.0 Å². The summed E-state index contributed by atoms with van der Waals surface area (Å²) in [6.45, 7) is 0.123. The summed E-state index contributed by atoms with van der Waals surface area (Å²) in [6, 6.07) is 4.80. The zero-order valence-corrected chi connectivity index (χ0v) is 14.6. The number of nitrogens with one attached hydrogen (secondary N) is 1. The van der Waals surface area contributed by atoms with Crippen molar-refractivity contribution in [2.75, 3.05) is 11.9 Å². The summed E-state index contributed by atoms with van der Waals surface area (Å²) in [4.78, 5) is 38.0. The van der Waals surface area contributed by atoms with Crippen molar-refractivity contribution in [2.45, 2.75) is 32.1 Å². The number of hydrogen-bond donors (Lipinski definition) is 1. The van der Waals surface area contributed by atoms with Crippen LogP contribution in [0.2, 0.25) is 10.0 Å². The first-order valence-electron chi connectivity index (χ1n) is 8.07. The summed E-state index contributed by atoms with van der Waals surface area (Å²) < 4.78 is 0.